The zero-order valence-electron chi connectivity index (χ0n) is 12.7. The number of nitrogens with one attached hydrogen (secondary N) is 1. The molecule has 1 aromatic rings. The van der Waals surface area contributed by atoms with E-state index in [1.807, 2.05) is 18.8 Å². The zero-order valence-corrected chi connectivity index (χ0v) is 12.7. The minimum absolute atomic E-state index is 0.920. The summed E-state index contributed by atoms with van der Waals surface area (Å²) in [5.74, 6) is 0.920. The van der Waals surface area contributed by atoms with E-state index in [1.54, 1.807) is 0 Å². The molecule has 0 atom stereocenters. The summed E-state index contributed by atoms with van der Waals surface area (Å²) in [5, 5.41) is 7.79. The van der Waals surface area contributed by atoms with Crippen molar-refractivity contribution < 1.29 is 0 Å². The highest BCUT2D eigenvalue weighted by Gasteiger charge is 2.20. The van der Waals surface area contributed by atoms with Gasteiger partial charge in [-0.2, -0.15) is 5.10 Å². The van der Waals surface area contributed by atoms with E-state index in [4.69, 9.17) is 0 Å². The van der Waals surface area contributed by atoms with Crippen molar-refractivity contribution in [1.82, 2.24) is 20.0 Å². The van der Waals surface area contributed by atoms with E-state index in [2.05, 4.69) is 28.4 Å². The Morgan fingerprint density at radius 1 is 1.37 bits per heavy atom. The summed E-state index contributed by atoms with van der Waals surface area (Å²) in [5.41, 5.74) is 2.68. The van der Waals surface area contributed by atoms with Gasteiger partial charge in [-0.25, -0.2) is 0 Å². The second kappa shape index (κ2) is 7.06. The summed E-state index contributed by atoms with van der Waals surface area (Å²) < 4.78 is 1.95. The first kappa shape index (κ1) is 14.5. The summed E-state index contributed by atoms with van der Waals surface area (Å²) >= 11 is 0. The molecule has 1 aromatic heterocycles. The van der Waals surface area contributed by atoms with Crippen LogP contribution in [0.25, 0.3) is 0 Å². The van der Waals surface area contributed by atoms with Gasteiger partial charge in [-0.3, -0.25) is 9.58 Å². The Bertz CT molecular complexity index is 377. The van der Waals surface area contributed by atoms with Gasteiger partial charge in [0.2, 0.25) is 0 Å². The molecule has 0 saturated carbocycles. The topological polar surface area (TPSA) is 33.1 Å². The van der Waals surface area contributed by atoms with Crippen molar-refractivity contribution in [2.75, 3.05) is 26.7 Å². The van der Waals surface area contributed by atoms with Gasteiger partial charge in [0.1, 0.15) is 0 Å². The first-order valence-corrected chi connectivity index (χ1v) is 7.61. The van der Waals surface area contributed by atoms with Gasteiger partial charge in [-0.1, -0.05) is 6.92 Å². The Labute approximate surface area is 117 Å². The van der Waals surface area contributed by atoms with Gasteiger partial charge in [-0.05, 0) is 58.3 Å². The Balaban J connectivity index is 1.81. The maximum absolute atomic E-state index is 4.53. The summed E-state index contributed by atoms with van der Waals surface area (Å²) in [6.07, 6.45) is 7.25. The van der Waals surface area contributed by atoms with Gasteiger partial charge in [0.05, 0.1) is 5.69 Å². The Morgan fingerprint density at radius 3 is 2.74 bits per heavy atom. The molecule has 1 fully saturated rings. The molecule has 0 amide bonds. The van der Waals surface area contributed by atoms with Crippen molar-refractivity contribution in [3.05, 3.63) is 17.5 Å². The van der Waals surface area contributed by atoms with Crippen LogP contribution in [0, 0.1) is 5.92 Å². The van der Waals surface area contributed by atoms with Gasteiger partial charge in [0, 0.05) is 25.4 Å². The third kappa shape index (κ3) is 4.05. The summed E-state index contributed by atoms with van der Waals surface area (Å²) in [6.45, 7) is 6.91. The number of rotatable bonds is 6. The van der Waals surface area contributed by atoms with E-state index in [9.17, 15) is 0 Å². The van der Waals surface area contributed by atoms with Crippen LogP contribution in [0.4, 0.5) is 0 Å². The van der Waals surface area contributed by atoms with Gasteiger partial charge >= 0.3 is 0 Å². The molecule has 4 heteroatoms. The van der Waals surface area contributed by atoms with Gasteiger partial charge in [0.15, 0.2) is 0 Å². The Hall–Kier alpha value is -0.870. The molecule has 1 saturated heterocycles. The maximum atomic E-state index is 4.53. The van der Waals surface area contributed by atoms with E-state index in [1.165, 1.54) is 43.6 Å². The number of likely N-dealkylation sites (tertiary alicyclic amines) is 1. The normalized spacial score (nSPS) is 18.1. The fraction of sp³-hybridized carbons (Fsp3) is 0.800. The SMILES string of the molecule is CCc1nn(C)cc1CN1CCC(CCNC)CC1. The first-order chi connectivity index (χ1) is 9.22. The van der Waals surface area contributed by atoms with Crippen molar-refractivity contribution in [2.24, 2.45) is 13.0 Å². The number of aromatic nitrogens is 2. The third-order valence-corrected chi connectivity index (χ3v) is 4.23. The average Bonchev–Trinajstić information content (AvgIpc) is 2.78. The van der Waals surface area contributed by atoms with Crippen LogP contribution in [0.15, 0.2) is 6.20 Å². The van der Waals surface area contributed by atoms with Crippen molar-refractivity contribution >= 4 is 0 Å². The fourth-order valence-corrected chi connectivity index (χ4v) is 3.04. The van der Waals surface area contributed by atoms with Crippen LogP contribution < -0.4 is 5.32 Å². The molecule has 2 rings (SSSR count). The maximum Gasteiger partial charge on any atom is 0.0666 e. The lowest BCUT2D eigenvalue weighted by atomic mass is 9.93. The lowest BCUT2D eigenvalue weighted by molar-refractivity contribution is 0.172. The van der Waals surface area contributed by atoms with Crippen molar-refractivity contribution in [3.8, 4) is 0 Å². The molecule has 1 N–H and O–H groups in total. The second-order valence-electron chi connectivity index (χ2n) is 5.74. The highest BCUT2D eigenvalue weighted by Crippen LogP contribution is 2.22. The highest BCUT2D eigenvalue weighted by atomic mass is 15.3. The Kier molecular flexibility index (Phi) is 5.40. The summed E-state index contributed by atoms with van der Waals surface area (Å²) in [7, 11) is 4.07. The molecule has 4 nitrogen and oxygen atoms in total. The van der Waals surface area contributed by atoms with E-state index < -0.39 is 0 Å². The zero-order chi connectivity index (χ0) is 13.7. The molecule has 2 heterocycles. The molecule has 108 valence electrons. The van der Waals surface area contributed by atoms with Crippen molar-refractivity contribution in [1.29, 1.82) is 0 Å². The van der Waals surface area contributed by atoms with Gasteiger partial charge in [-0.15, -0.1) is 0 Å². The highest BCUT2D eigenvalue weighted by molar-refractivity contribution is 5.16. The fourth-order valence-electron chi connectivity index (χ4n) is 3.04. The largest absolute Gasteiger partial charge is 0.320 e. The molecule has 0 aromatic carbocycles. The van der Waals surface area contributed by atoms with Crippen LogP contribution >= 0.6 is 0 Å². The molecule has 1 aliphatic heterocycles. The predicted octanol–water partition coefficient (Wildman–Crippen LogP) is 1.80. The molecular formula is C15H28N4. The van der Waals surface area contributed by atoms with Gasteiger partial charge in [0.25, 0.3) is 0 Å². The van der Waals surface area contributed by atoms with Crippen molar-refractivity contribution in [2.45, 2.75) is 39.2 Å². The van der Waals surface area contributed by atoms with Crippen LogP contribution in [0.1, 0.15) is 37.4 Å². The van der Waals surface area contributed by atoms with E-state index >= 15 is 0 Å². The molecule has 0 spiro atoms. The predicted molar refractivity (Wildman–Crippen MR) is 79.1 cm³/mol. The quantitative estimate of drug-likeness (QED) is 0.850. The van der Waals surface area contributed by atoms with E-state index in [0.717, 1.165) is 25.4 Å². The molecule has 0 unspecified atom stereocenters. The smallest absolute Gasteiger partial charge is 0.0666 e. The monoisotopic (exact) mass is 264 g/mol. The minimum Gasteiger partial charge on any atom is -0.320 e. The molecular weight excluding hydrogens is 236 g/mol. The first-order valence-electron chi connectivity index (χ1n) is 7.61. The third-order valence-electron chi connectivity index (χ3n) is 4.23. The number of aryl methyl sites for hydroxylation is 2. The van der Waals surface area contributed by atoms with E-state index in [0.29, 0.717) is 0 Å². The lowest BCUT2D eigenvalue weighted by Gasteiger charge is -2.31. The average molecular weight is 264 g/mol. The van der Waals surface area contributed by atoms with Crippen LogP contribution in [0.5, 0.6) is 0 Å². The standard InChI is InChI=1S/C15H28N4/c1-4-15-14(11-18(3)17-15)12-19-9-6-13(7-10-19)5-8-16-2/h11,13,16H,4-10,12H2,1-3H3. The molecule has 0 bridgehead atoms. The van der Waals surface area contributed by atoms with E-state index in [-0.39, 0.29) is 0 Å². The molecule has 0 aliphatic carbocycles. The molecule has 19 heavy (non-hydrogen) atoms. The lowest BCUT2D eigenvalue weighted by Crippen LogP contribution is -2.34. The van der Waals surface area contributed by atoms with Crippen molar-refractivity contribution in [3.63, 3.8) is 0 Å². The van der Waals surface area contributed by atoms with Gasteiger partial charge < -0.3 is 5.32 Å². The van der Waals surface area contributed by atoms with Crippen LogP contribution in [-0.4, -0.2) is 41.4 Å². The number of piperidine rings is 1. The molecule has 1 aliphatic rings. The number of hydrogen-bond acceptors (Lipinski definition) is 3. The number of nitrogens with zero attached hydrogens (tertiary/aromatic N) is 3. The van der Waals surface area contributed by atoms with Crippen LogP contribution in [0.3, 0.4) is 0 Å². The summed E-state index contributed by atoms with van der Waals surface area (Å²) in [4.78, 5) is 2.59. The second-order valence-corrected chi connectivity index (χ2v) is 5.74. The number of hydrogen-bond donors (Lipinski definition) is 1. The van der Waals surface area contributed by atoms with Crippen LogP contribution in [-0.2, 0) is 20.0 Å². The Morgan fingerprint density at radius 2 is 2.11 bits per heavy atom. The molecule has 0 radical (unpaired) electrons. The summed E-state index contributed by atoms with van der Waals surface area (Å²) in [6, 6.07) is 0. The van der Waals surface area contributed by atoms with Crippen LogP contribution in [0.2, 0.25) is 0 Å². The minimum atomic E-state index is 0.920.